The smallest absolute Gasteiger partial charge is 0.256 e. The van der Waals surface area contributed by atoms with E-state index in [0.717, 1.165) is 48.9 Å². The lowest BCUT2D eigenvalue weighted by atomic mass is 9.92. The molecule has 0 saturated heterocycles. The SMILES string of the molecule is COC(C)(C)[C@H](C1CC1)N1Cc2cccc(NC(=O)c3ccnc4c3CCC4)c2C1=O. The second kappa shape index (κ2) is 7.45. The molecular weight excluding hydrogens is 390 g/mol. The normalized spacial score (nSPS) is 18.7. The van der Waals surface area contributed by atoms with Gasteiger partial charge in [-0.2, -0.15) is 0 Å². The monoisotopic (exact) mass is 419 g/mol. The molecule has 31 heavy (non-hydrogen) atoms. The Morgan fingerprint density at radius 2 is 2.06 bits per heavy atom. The fraction of sp³-hybridized carbons (Fsp3) is 0.480. The van der Waals surface area contributed by atoms with E-state index in [1.807, 2.05) is 23.1 Å². The van der Waals surface area contributed by atoms with Crippen LogP contribution in [0.5, 0.6) is 0 Å². The van der Waals surface area contributed by atoms with Crippen molar-refractivity contribution < 1.29 is 14.3 Å². The molecule has 6 nitrogen and oxygen atoms in total. The number of amides is 2. The molecule has 1 saturated carbocycles. The summed E-state index contributed by atoms with van der Waals surface area (Å²) in [7, 11) is 1.71. The van der Waals surface area contributed by atoms with Crippen LogP contribution < -0.4 is 5.32 Å². The zero-order valence-corrected chi connectivity index (χ0v) is 18.4. The molecular formula is C25H29N3O3. The molecule has 6 heteroatoms. The maximum absolute atomic E-state index is 13.6. The van der Waals surface area contributed by atoms with Gasteiger partial charge < -0.3 is 15.0 Å². The molecule has 2 aromatic rings. The molecule has 162 valence electrons. The summed E-state index contributed by atoms with van der Waals surface area (Å²) in [5.41, 5.74) is 4.44. The Labute approximate surface area is 183 Å². The van der Waals surface area contributed by atoms with Crippen LogP contribution in [0.3, 0.4) is 0 Å². The Morgan fingerprint density at radius 1 is 1.26 bits per heavy atom. The Hall–Kier alpha value is -2.73. The molecule has 1 atom stereocenters. The molecule has 1 aromatic heterocycles. The van der Waals surface area contributed by atoms with E-state index in [0.29, 0.717) is 29.3 Å². The molecule has 1 fully saturated rings. The number of anilines is 1. The van der Waals surface area contributed by atoms with Gasteiger partial charge in [-0.1, -0.05) is 12.1 Å². The van der Waals surface area contributed by atoms with Crippen molar-refractivity contribution in [3.05, 3.63) is 58.4 Å². The number of pyridine rings is 1. The lowest BCUT2D eigenvalue weighted by Gasteiger charge is -2.39. The molecule has 0 unspecified atom stereocenters. The molecule has 2 heterocycles. The molecule has 1 aromatic carbocycles. The van der Waals surface area contributed by atoms with Crippen molar-refractivity contribution in [2.75, 3.05) is 12.4 Å². The number of hydrogen-bond acceptors (Lipinski definition) is 4. The molecule has 0 spiro atoms. The van der Waals surface area contributed by atoms with E-state index in [4.69, 9.17) is 4.74 Å². The van der Waals surface area contributed by atoms with E-state index in [-0.39, 0.29) is 17.9 Å². The first-order valence-electron chi connectivity index (χ1n) is 11.2. The highest BCUT2D eigenvalue weighted by molar-refractivity contribution is 6.11. The minimum absolute atomic E-state index is 0.0180. The second-order valence-electron chi connectivity index (χ2n) is 9.45. The van der Waals surface area contributed by atoms with Crippen LogP contribution in [-0.4, -0.2) is 40.5 Å². The van der Waals surface area contributed by atoms with E-state index in [9.17, 15) is 9.59 Å². The van der Waals surface area contributed by atoms with Crippen molar-refractivity contribution in [2.24, 2.45) is 5.92 Å². The Bertz CT molecular complexity index is 1060. The van der Waals surface area contributed by atoms with Crippen LogP contribution in [0.4, 0.5) is 5.69 Å². The third-order valence-corrected chi connectivity index (χ3v) is 7.09. The minimum Gasteiger partial charge on any atom is -0.377 e. The van der Waals surface area contributed by atoms with Crippen molar-refractivity contribution in [1.82, 2.24) is 9.88 Å². The summed E-state index contributed by atoms with van der Waals surface area (Å²) in [5.74, 6) is 0.273. The van der Waals surface area contributed by atoms with Gasteiger partial charge in [0.1, 0.15) is 0 Å². The van der Waals surface area contributed by atoms with Gasteiger partial charge in [0.2, 0.25) is 0 Å². The molecule has 0 radical (unpaired) electrons. The number of carbonyl (C=O) groups is 2. The van der Waals surface area contributed by atoms with Gasteiger partial charge in [0.25, 0.3) is 11.8 Å². The molecule has 1 aliphatic heterocycles. The lowest BCUT2D eigenvalue weighted by molar-refractivity contribution is -0.0532. The van der Waals surface area contributed by atoms with Crippen molar-refractivity contribution >= 4 is 17.5 Å². The zero-order valence-electron chi connectivity index (χ0n) is 18.4. The van der Waals surface area contributed by atoms with Crippen LogP contribution in [0, 0.1) is 5.92 Å². The summed E-state index contributed by atoms with van der Waals surface area (Å²) in [5, 5.41) is 3.03. The van der Waals surface area contributed by atoms with Gasteiger partial charge in [-0.05, 0) is 75.1 Å². The van der Waals surface area contributed by atoms with Crippen LogP contribution >= 0.6 is 0 Å². The molecule has 2 aliphatic carbocycles. The van der Waals surface area contributed by atoms with Crippen LogP contribution in [0.2, 0.25) is 0 Å². The largest absolute Gasteiger partial charge is 0.377 e. The number of benzene rings is 1. The van der Waals surface area contributed by atoms with Gasteiger partial charge in [0, 0.05) is 31.1 Å². The first-order valence-corrected chi connectivity index (χ1v) is 11.2. The van der Waals surface area contributed by atoms with Gasteiger partial charge in [-0.15, -0.1) is 0 Å². The van der Waals surface area contributed by atoms with Crippen molar-refractivity contribution in [1.29, 1.82) is 0 Å². The number of ether oxygens (including phenoxy) is 1. The highest BCUT2D eigenvalue weighted by atomic mass is 16.5. The van der Waals surface area contributed by atoms with E-state index < -0.39 is 5.60 Å². The summed E-state index contributed by atoms with van der Waals surface area (Å²) in [4.78, 5) is 33.1. The van der Waals surface area contributed by atoms with E-state index in [1.54, 1.807) is 19.4 Å². The van der Waals surface area contributed by atoms with Crippen molar-refractivity contribution in [2.45, 2.75) is 64.1 Å². The summed E-state index contributed by atoms with van der Waals surface area (Å²) in [6.07, 6.45) is 6.76. The summed E-state index contributed by atoms with van der Waals surface area (Å²) in [6.45, 7) is 4.66. The average molecular weight is 420 g/mol. The molecule has 1 N–H and O–H groups in total. The van der Waals surface area contributed by atoms with Gasteiger partial charge in [0.05, 0.1) is 22.9 Å². The third kappa shape index (κ3) is 3.43. The zero-order chi connectivity index (χ0) is 21.8. The fourth-order valence-electron chi connectivity index (χ4n) is 5.31. The van der Waals surface area contributed by atoms with Gasteiger partial charge in [0.15, 0.2) is 0 Å². The first kappa shape index (κ1) is 20.2. The standard InChI is InChI=1S/C25H29N3O3/c1-25(2,31-3)22(15-10-11-15)28-14-16-6-4-9-20(21(16)24(28)30)27-23(29)18-12-13-26-19-8-5-7-17(18)19/h4,6,9,12-13,15,22H,5,7-8,10-11,14H2,1-3H3,(H,27,29)/t22-/m0/s1. The van der Waals surface area contributed by atoms with Gasteiger partial charge in [-0.3, -0.25) is 14.6 Å². The third-order valence-electron chi connectivity index (χ3n) is 7.09. The summed E-state index contributed by atoms with van der Waals surface area (Å²) >= 11 is 0. The number of aryl methyl sites for hydroxylation is 1. The minimum atomic E-state index is -0.431. The Balaban J connectivity index is 1.44. The maximum atomic E-state index is 13.6. The summed E-state index contributed by atoms with van der Waals surface area (Å²) in [6, 6.07) is 7.52. The Morgan fingerprint density at radius 3 is 2.81 bits per heavy atom. The fourth-order valence-corrected chi connectivity index (χ4v) is 5.31. The maximum Gasteiger partial charge on any atom is 0.256 e. The number of nitrogens with one attached hydrogen (secondary N) is 1. The van der Waals surface area contributed by atoms with Crippen LogP contribution in [0.25, 0.3) is 0 Å². The van der Waals surface area contributed by atoms with Gasteiger partial charge >= 0.3 is 0 Å². The van der Waals surface area contributed by atoms with Gasteiger partial charge in [-0.25, -0.2) is 0 Å². The predicted molar refractivity (Wildman–Crippen MR) is 118 cm³/mol. The first-order chi connectivity index (χ1) is 14.9. The number of fused-ring (bicyclic) bond motifs is 2. The number of methoxy groups -OCH3 is 1. The molecule has 5 rings (SSSR count). The van der Waals surface area contributed by atoms with Crippen LogP contribution in [0.1, 0.15) is 70.6 Å². The highest BCUT2D eigenvalue weighted by Gasteiger charge is 2.49. The second-order valence-corrected chi connectivity index (χ2v) is 9.45. The van der Waals surface area contributed by atoms with Crippen molar-refractivity contribution in [3.63, 3.8) is 0 Å². The highest BCUT2D eigenvalue weighted by Crippen LogP contribution is 2.44. The number of nitrogens with zero attached hydrogens (tertiary/aromatic N) is 2. The Kier molecular flexibility index (Phi) is 4.85. The lowest BCUT2D eigenvalue weighted by Crippen LogP contribution is -2.52. The van der Waals surface area contributed by atoms with Crippen molar-refractivity contribution in [3.8, 4) is 0 Å². The summed E-state index contributed by atoms with van der Waals surface area (Å²) < 4.78 is 5.79. The number of hydrogen-bond donors (Lipinski definition) is 1. The quantitative estimate of drug-likeness (QED) is 0.769. The topological polar surface area (TPSA) is 71.5 Å². The molecule has 3 aliphatic rings. The average Bonchev–Trinajstić information content (AvgIpc) is 3.35. The molecule has 2 amide bonds. The molecule has 0 bridgehead atoms. The van der Waals surface area contributed by atoms with E-state index in [1.165, 1.54) is 0 Å². The van der Waals surface area contributed by atoms with E-state index >= 15 is 0 Å². The van der Waals surface area contributed by atoms with Crippen LogP contribution in [0.15, 0.2) is 30.5 Å². The van der Waals surface area contributed by atoms with E-state index in [2.05, 4.69) is 24.1 Å². The number of carbonyl (C=O) groups excluding carboxylic acids is 2. The number of aromatic nitrogens is 1. The number of rotatable bonds is 6. The van der Waals surface area contributed by atoms with Crippen LogP contribution in [-0.2, 0) is 24.1 Å². The predicted octanol–water partition coefficient (Wildman–Crippen LogP) is 3.98.